The Bertz CT molecular complexity index is 1260. The molecule has 19 N–H and O–H groups in total. The number of aliphatic hydroxyl groups is 3. The van der Waals surface area contributed by atoms with Crippen LogP contribution in [0.5, 0.6) is 0 Å². The average molecular weight is 759 g/mol. The van der Waals surface area contributed by atoms with Crippen molar-refractivity contribution in [3.8, 4) is 0 Å². The summed E-state index contributed by atoms with van der Waals surface area (Å²) in [5.74, 6) is -1.36. The van der Waals surface area contributed by atoms with E-state index in [2.05, 4.69) is 36.9 Å². The third-order valence-corrected chi connectivity index (χ3v) is 9.11. The predicted octanol–water partition coefficient (Wildman–Crippen LogP) is -6.53. The molecule has 22 heteroatoms. The van der Waals surface area contributed by atoms with Crippen molar-refractivity contribution in [2.45, 2.75) is 125 Å². The standard InChI is InChI=1S/C31H58N12O10/c32-7-1-4-15(33)10-20(46)37-8-2-5-16(34)11-21(47)38-9-3-6-17(35)12-22(48)40-25-26(49)27(53-30(36)51)19(14-44)52-29(25)43-31-41-23-18(45)13-39-28(50)24(23)42-31/h15-19,23-27,29,44-45,49H,1-14,32-35H2,(H2,36,51)(H,37,46)(H,38,47)(H,39,50)(H,40,48)(H2,41,42,43)/t15-,16-,17-,18?,19+,23?,24?,25+,26-,27-,29+/m0/s1. The van der Waals surface area contributed by atoms with E-state index in [1.807, 2.05) is 0 Å². The minimum Gasteiger partial charge on any atom is -0.441 e. The lowest BCUT2D eigenvalue weighted by Gasteiger charge is -2.44. The van der Waals surface area contributed by atoms with Crippen molar-refractivity contribution < 1.29 is 48.8 Å². The molecule has 3 aliphatic heterocycles. The number of piperidine rings is 1. The van der Waals surface area contributed by atoms with Gasteiger partial charge in [0.25, 0.3) is 0 Å². The highest BCUT2D eigenvalue weighted by Gasteiger charge is 2.49. The smallest absolute Gasteiger partial charge is 0.404 e. The van der Waals surface area contributed by atoms with Gasteiger partial charge in [-0.1, -0.05) is 0 Å². The molecule has 53 heavy (non-hydrogen) atoms. The van der Waals surface area contributed by atoms with Crippen LogP contribution < -0.4 is 60.6 Å². The molecule has 0 spiro atoms. The highest BCUT2D eigenvalue weighted by molar-refractivity contribution is 5.92. The average Bonchev–Trinajstić information content (AvgIpc) is 3.53. The number of ether oxygens (including phenoxy) is 2. The third kappa shape index (κ3) is 14.1. The maximum atomic E-state index is 13.1. The van der Waals surface area contributed by atoms with Gasteiger partial charge in [-0.25, -0.2) is 9.79 Å². The molecule has 5 amide bonds. The molecule has 0 saturated carbocycles. The summed E-state index contributed by atoms with van der Waals surface area (Å²) in [5, 5.41) is 47.9. The zero-order valence-corrected chi connectivity index (χ0v) is 29.8. The van der Waals surface area contributed by atoms with E-state index < -0.39 is 85.4 Å². The molecule has 0 aliphatic carbocycles. The van der Waals surface area contributed by atoms with Gasteiger partial charge in [0, 0.05) is 57.0 Å². The number of amides is 5. The van der Waals surface area contributed by atoms with Crippen molar-refractivity contribution in [1.29, 1.82) is 0 Å². The van der Waals surface area contributed by atoms with Gasteiger partial charge in [0.2, 0.25) is 23.6 Å². The summed E-state index contributed by atoms with van der Waals surface area (Å²) in [5.41, 5.74) is 28.8. The van der Waals surface area contributed by atoms with Crippen LogP contribution >= 0.6 is 0 Å². The SMILES string of the molecule is NCCC[C@H](N)CC(=O)NCCC[C@H](N)CC(=O)NCCC[C@H](N)CC(=O)N[C@@H]1[C@H](O)[C@@H](OC(N)=O)[C@@H](CO)O[C@H]1NC1=NC2C(=O)NCC(O)C2N1. The Kier molecular flexibility index (Phi) is 17.8. The Labute approximate surface area is 307 Å². The highest BCUT2D eigenvalue weighted by atomic mass is 16.6. The van der Waals surface area contributed by atoms with Gasteiger partial charge in [0.05, 0.1) is 18.8 Å². The summed E-state index contributed by atoms with van der Waals surface area (Å²) in [6, 6.07) is -4.24. The Morgan fingerprint density at radius 2 is 1.49 bits per heavy atom. The zero-order chi connectivity index (χ0) is 39.1. The molecule has 0 aromatic carbocycles. The van der Waals surface area contributed by atoms with Crippen molar-refractivity contribution in [3.05, 3.63) is 0 Å². The quantitative estimate of drug-likeness (QED) is 0.0484. The molecule has 0 aromatic rings. The normalized spacial score (nSPS) is 28.2. The molecule has 3 heterocycles. The number of carbonyl (C=O) groups is 5. The summed E-state index contributed by atoms with van der Waals surface area (Å²) in [6.07, 6.45) is -4.27. The molecule has 22 nitrogen and oxygen atoms in total. The number of hydrogen-bond donors (Lipinski definition) is 14. The van der Waals surface area contributed by atoms with Crippen LogP contribution in [0.3, 0.4) is 0 Å². The van der Waals surface area contributed by atoms with Crippen molar-refractivity contribution in [3.63, 3.8) is 0 Å². The largest absolute Gasteiger partial charge is 0.441 e. The first kappa shape index (κ1) is 43.5. The van der Waals surface area contributed by atoms with E-state index in [1.54, 1.807) is 0 Å². The first-order chi connectivity index (χ1) is 25.2. The Hall–Kier alpha value is -3.90. The number of β-amino-alcohol motifs (C(OH)–C–C–N with tert-alkyl or cyclic N) is 1. The molecule has 3 aliphatic rings. The maximum absolute atomic E-state index is 13.1. The monoisotopic (exact) mass is 758 g/mol. The number of nitrogens with zero attached hydrogens (tertiary/aromatic N) is 1. The fourth-order valence-electron chi connectivity index (χ4n) is 6.31. The third-order valence-electron chi connectivity index (χ3n) is 9.11. The molecule has 0 aromatic heterocycles. The van der Waals surface area contributed by atoms with E-state index in [0.29, 0.717) is 51.7 Å². The topological polar surface area (TPSA) is 379 Å². The fourth-order valence-corrected chi connectivity index (χ4v) is 6.31. The van der Waals surface area contributed by atoms with Crippen LogP contribution in [0.1, 0.15) is 57.8 Å². The summed E-state index contributed by atoms with van der Waals surface area (Å²) in [6.45, 7) is 0.570. The van der Waals surface area contributed by atoms with E-state index in [1.165, 1.54) is 0 Å². The summed E-state index contributed by atoms with van der Waals surface area (Å²) in [4.78, 5) is 65.5. The van der Waals surface area contributed by atoms with Crippen LogP contribution in [0.4, 0.5) is 4.79 Å². The van der Waals surface area contributed by atoms with E-state index in [9.17, 15) is 39.3 Å². The summed E-state index contributed by atoms with van der Waals surface area (Å²) >= 11 is 0. The predicted molar refractivity (Wildman–Crippen MR) is 189 cm³/mol. The van der Waals surface area contributed by atoms with Gasteiger partial charge in [0.1, 0.15) is 18.2 Å². The van der Waals surface area contributed by atoms with Gasteiger partial charge in [-0.3, -0.25) is 19.2 Å². The first-order valence-electron chi connectivity index (χ1n) is 18.0. The van der Waals surface area contributed by atoms with Crippen molar-refractivity contribution in [2.24, 2.45) is 33.7 Å². The van der Waals surface area contributed by atoms with Gasteiger partial charge in [-0.05, 0) is 45.1 Å². The molecule has 3 rings (SSSR count). The fraction of sp³-hybridized carbons (Fsp3) is 0.806. The molecule has 2 saturated heterocycles. The van der Waals surface area contributed by atoms with Gasteiger partial charge >= 0.3 is 6.09 Å². The minimum atomic E-state index is -1.62. The molecule has 0 bridgehead atoms. The number of nitrogens with one attached hydrogen (secondary N) is 6. The van der Waals surface area contributed by atoms with Gasteiger partial charge in [-0.2, -0.15) is 0 Å². The molecular formula is C31H58N12O10. The molecule has 0 radical (unpaired) electrons. The number of aliphatic imine (C=N–C) groups is 1. The number of nitrogens with two attached hydrogens (primary N) is 5. The van der Waals surface area contributed by atoms with E-state index >= 15 is 0 Å². The Morgan fingerprint density at radius 1 is 0.925 bits per heavy atom. The number of fused-ring (bicyclic) bond motifs is 1. The number of guanidine groups is 1. The lowest BCUT2D eigenvalue weighted by Crippen LogP contribution is -2.70. The van der Waals surface area contributed by atoms with Gasteiger partial charge in [0.15, 0.2) is 24.3 Å². The number of hydrogen-bond acceptors (Lipinski definition) is 17. The van der Waals surface area contributed by atoms with Crippen LogP contribution in [0.2, 0.25) is 0 Å². The molecule has 11 atom stereocenters. The number of primary amides is 1. The van der Waals surface area contributed by atoms with E-state index in [-0.39, 0.29) is 49.6 Å². The molecule has 3 unspecified atom stereocenters. The van der Waals surface area contributed by atoms with E-state index in [0.717, 1.165) is 6.42 Å². The van der Waals surface area contributed by atoms with Gasteiger partial charge < -0.3 is 85.4 Å². The highest BCUT2D eigenvalue weighted by Crippen LogP contribution is 2.24. The van der Waals surface area contributed by atoms with Crippen LogP contribution in [0.15, 0.2) is 4.99 Å². The Balaban J connectivity index is 1.42. The van der Waals surface area contributed by atoms with Crippen LogP contribution in [-0.2, 0) is 28.7 Å². The first-order valence-corrected chi connectivity index (χ1v) is 18.0. The van der Waals surface area contributed by atoms with Crippen LogP contribution in [-0.4, -0.2) is 151 Å². The summed E-state index contributed by atoms with van der Waals surface area (Å²) in [7, 11) is 0. The van der Waals surface area contributed by atoms with Crippen molar-refractivity contribution >= 4 is 35.7 Å². The maximum Gasteiger partial charge on any atom is 0.404 e. The second kappa shape index (κ2) is 21.7. The summed E-state index contributed by atoms with van der Waals surface area (Å²) < 4.78 is 10.8. The Morgan fingerprint density at radius 3 is 2.02 bits per heavy atom. The number of aliphatic hydroxyl groups excluding tert-OH is 3. The van der Waals surface area contributed by atoms with Crippen molar-refractivity contribution in [1.82, 2.24) is 31.9 Å². The molecule has 302 valence electrons. The molecule has 2 fully saturated rings. The van der Waals surface area contributed by atoms with Gasteiger partial charge in [-0.15, -0.1) is 0 Å². The lowest BCUT2D eigenvalue weighted by molar-refractivity contribution is -0.198. The van der Waals surface area contributed by atoms with Crippen molar-refractivity contribution in [2.75, 3.05) is 32.8 Å². The van der Waals surface area contributed by atoms with Crippen LogP contribution in [0, 0.1) is 0 Å². The number of rotatable bonds is 21. The van der Waals surface area contributed by atoms with E-state index in [4.69, 9.17) is 38.1 Å². The number of carbonyl (C=O) groups excluding carboxylic acids is 5. The zero-order valence-electron chi connectivity index (χ0n) is 29.8. The second-order valence-corrected chi connectivity index (χ2v) is 13.6. The second-order valence-electron chi connectivity index (χ2n) is 13.6. The van der Waals surface area contributed by atoms with Crippen LogP contribution in [0.25, 0.3) is 0 Å². The lowest BCUT2D eigenvalue weighted by atomic mass is 9.95. The minimum absolute atomic E-state index is 0.0174. The molecular weight excluding hydrogens is 700 g/mol.